The van der Waals surface area contributed by atoms with Crippen molar-refractivity contribution in [1.29, 1.82) is 0 Å². The Balaban J connectivity index is 2.07. The van der Waals surface area contributed by atoms with Crippen molar-refractivity contribution in [3.8, 4) is 0 Å². The molecule has 0 aliphatic heterocycles. The first-order valence-electron chi connectivity index (χ1n) is 5.81. The molecule has 0 aromatic rings. The summed E-state index contributed by atoms with van der Waals surface area (Å²) in [6, 6.07) is 0. The van der Waals surface area contributed by atoms with Crippen LogP contribution >= 0.6 is 0 Å². The van der Waals surface area contributed by atoms with Gasteiger partial charge in [0.05, 0.1) is 6.10 Å². The average Bonchev–Trinajstić information content (AvgIpc) is 2.15. The van der Waals surface area contributed by atoms with E-state index in [1.807, 2.05) is 0 Å². The van der Waals surface area contributed by atoms with Gasteiger partial charge in [-0.25, -0.2) is 0 Å². The monoisotopic (exact) mass is 198 g/mol. The third-order valence-corrected chi connectivity index (χ3v) is 3.04. The van der Waals surface area contributed by atoms with Crippen LogP contribution in [-0.2, 0) is 9.53 Å². The average molecular weight is 198 g/mol. The molecule has 0 aromatic carbocycles. The molecule has 1 fully saturated rings. The summed E-state index contributed by atoms with van der Waals surface area (Å²) in [4.78, 5) is 10.7. The smallest absolute Gasteiger partial charge is 0.129 e. The zero-order valence-electron chi connectivity index (χ0n) is 9.42. The maximum absolute atomic E-state index is 10.7. The Hall–Kier alpha value is -0.370. The fraction of sp³-hybridized carbons (Fsp3) is 0.917. The Labute approximate surface area is 87.0 Å². The minimum Gasteiger partial charge on any atom is -0.378 e. The van der Waals surface area contributed by atoms with Gasteiger partial charge in [-0.3, -0.25) is 0 Å². The van der Waals surface area contributed by atoms with E-state index in [4.69, 9.17) is 4.74 Å². The number of hydrogen-bond acceptors (Lipinski definition) is 2. The third kappa shape index (κ3) is 4.23. The second-order valence-corrected chi connectivity index (χ2v) is 4.48. The molecule has 2 nitrogen and oxygen atoms in total. The van der Waals surface area contributed by atoms with E-state index in [-0.39, 0.29) is 5.78 Å². The molecule has 1 rings (SSSR count). The molecule has 0 heterocycles. The first-order chi connectivity index (χ1) is 6.70. The minimum absolute atomic E-state index is 0.269. The van der Waals surface area contributed by atoms with Gasteiger partial charge in [0, 0.05) is 13.0 Å². The lowest BCUT2D eigenvalue weighted by atomic mass is 9.88. The third-order valence-electron chi connectivity index (χ3n) is 3.04. The van der Waals surface area contributed by atoms with Gasteiger partial charge < -0.3 is 9.53 Å². The predicted octanol–water partition coefficient (Wildman–Crippen LogP) is 2.95. The Morgan fingerprint density at radius 3 is 2.71 bits per heavy atom. The first-order valence-corrected chi connectivity index (χ1v) is 5.81. The quantitative estimate of drug-likeness (QED) is 0.635. The molecule has 0 bridgehead atoms. The van der Waals surface area contributed by atoms with Crippen LogP contribution in [0.3, 0.4) is 0 Å². The summed E-state index contributed by atoms with van der Waals surface area (Å²) in [5.74, 6) is 0.978. The van der Waals surface area contributed by atoms with Crippen LogP contribution in [0.2, 0.25) is 0 Å². The molecule has 0 saturated heterocycles. The summed E-state index contributed by atoms with van der Waals surface area (Å²) < 4.78 is 5.79. The zero-order valence-corrected chi connectivity index (χ0v) is 9.42. The van der Waals surface area contributed by atoms with Gasteiger partial charge in [-0.1, -0.05) is 19.8 Å². The van der Waals surface area contributed by atoms with Gasteiger partial charge in [-0.05, 0) is 32.1 Å². The van der Waals surface area contributed by atoms with Crippen molar-refractivity contribution in [2.24, 2.45) is 5.92 Å². The first kappa shape index (κ1) is 11.7. The number of Topliss-reactive ketones (excluding diaryl/α,β-unsaturated/α-hetero) is 1. The number of hydrogen-bond donors (Lipinski definition) is 0. The maximum Gasteiger partial charge on any atom is 0.129 e. The van der Waals surface area contributed by atoms with Gasteiger partial charge in [-0.2, -0.15) is 0 Å². The van der Waals surface area contributed by atoms with Crippen molar-refractivity contribution >= 4 is 5.78 Å². The fourth-order valence-corrected chi connectivity index (χ4v) is 2.09. The van der Waals surface area contributed by atoms with Crippen molar-refractivity contribution in [2.75, 3.05) is 6.61 Å². The molecule has 0 N–H and O–H groups in total. The van der Waals surface area contributed by atoms with Gasteiger partial charge >= 0.3 is 0 Å². The maximum atomic E-state index is 10.7. The summed E-state index contributed by atoms with van der Waals surface area (Å²) in [5.41, 5.74) is 0. The normalized spacial score (nSPS) is 27.6. The lowest BCUT2D eigenvalue weighted by Crippen LogP contribution is -2.26. The molecule has 0 aromatic heterocycles. The molecule has 2 unspecified atom stereocenters. The van der Waals surface area contributed by atoms with E-state index in [1.165, 1.54) is 25.7 Å². The highest BCUT2D eigenvalue weighted by molar-refractivity contribution is 5.75. The SMILES string of the molecule is CC(=O)CCCOC1CCCCC1C. The van der Waals surface area contributed by atoms with E-state index >= 15 is 0 Å². The Morgan fingerprint density at radius 1 is 1.36 bits per heavy atom. The van der Waals surface area contributed by atoms with Crippen molar-refractivity contribution in [2.45, 2.75) is 58.5 Å². The van der Waals surface area contributed by atoms with E-state index in [1.54, 1.807) is 6.92 Å². The molecule has 2 atom stereocenters. The second kappa shape index (κ2) is 6.18. The number of rotatable bonds is 5. The number of carbonyl (C=O) groups is 1. The Morgan fingerprint density at radius 2 is 2.07 bits per heavy atom. The van der Waals surface area contributed by atoms with Crippen molar-refractivity contribution in [1.82, 2.24) is 0 Å². The highest BCUT2D eigenvalue weighted by Crippen LogP contribution is 2.26. The summed E-state index contributed by atoms with van der Waals surface area (Å²) in [7, 11) is 0. The Kier molecular flexibility index (Phi) is 5.16. The van der Waals surface area contributed by atoms with Crippen LogP contribution in [0, 0.1) is 5.92 Å². The van der Waals surface area contributed by atoms with E-state index in [2.05, 4.69) is 6.92 Å². The minimum atomic E-state index is 0.269. The summed E-state index contributed by atoms with van der Waals surface area (Å²) in [6.07, 6.45) is 7.18. The summed E-state index contributed by atoms with van der Waals surface area (Å²) in [6.45, 7) is 4.67. The van der Waals surface area contributed by atoms with Crippen LogP contribution in [0.15, 0.2) is 0 Å². The van der Waals surface area contributed by atoms with Gasteiger partial charge in [0.25, 0.3) is 0 Å². The molecule has 14 heavy (non-hydrogen) atoms. The largest absolute Gasteiger partial charge is 0.378 e. The van der Waals surface area contributed by atoms with E-state index in [0.29, 0.717) is 18.4 Å². The van der Waals surface area contributed by atoms with Crippen LogP contribution in [0.5, 0.6) is 0 Å². The predicted molar refractivity (Wildman–Crippen MR) is 57.3 cm³/mol. The van der Waals surface area contributed by atoms with E-state index in [0.717, 1.165) is 13.0 Å². The van der Waals surface area contributed by atoms with Crippen molar-refractivity contribution in [3.05, 3.63) is 0 Å². The van der Waals surface area contributed by atoms with E-state index in [9.17, 15) is 4.79 Å². The standard InChI is InChI=1S/C12H22O2/c1-10-6-3-4-8-12(10)14-9-5-7-11(2)13/h10,12H,3-9H2,1-2H3. The number of ketones is 1. The highest BCUT2D eigenvalue weighted by atomic mass is 16.5. The molecule has 82 valence electrons. The molecule has 0 amide bonds. The molecule has 0 spiro atoms. The second-order valence-electron chi connectivity index (χ2n) is 4.48. The molecule has 2 heteroatoms. The van der Waals surface area contributed by atoms with E-state index < -0.39 is 0 Å². The lowest BCUT2D eigenvalue weighted by Gasteiger charge is -2.28. The molecule has 1 aliphatic carbocycles. The van der Waals surface area contributed by atoms with Crippen LogP contribution in [0.25, 0.3) is 0 Å². The highest BCUT2D eigenvalue weighted by Gasteiger charge is 2.21. The zero-order chi connectivity index (χ0) is 10.4. The molecule has 1 saturated carbocycles. The lowest BCUT2D eigenvalue weighted by molar-refractivity contribution is -0.117. The molecule has 0 radical (unpaired) electrons. The number of carbonyl (C=O) groups excluding carboxylic acids is 1. The molecular weight excluding hydrogens is 176 g/mol. The van der Waals surface area contributed by atoms with Gasteiger partial charge in [-0.15, -0.1) is 0 Å². The van der Waals surface area contributed by atoms with Gasteiger partial charge in [0.15, 0.2) is 0 Å². The number of ether oxygens (including phenoxy) is 1. The van der Waals surface area contributed by atoms with Crippen molar-refractivity contribution in [3.63, 3.8) is 0 Å². The summed E-state index contributed by atoms with van der Waals surface area (Å²) in [5, 5.41) is 0. The van der Waals surface area contributed by atoms with Gasteiger partial charge in [0.1, 0.15) is 5.78 Å². The fourth-order valence-electron chi connectivity index (χ4n) is 2.09. The van der Waals surface area contributed by atoms with Gasteiger partial charge in [0.2, 0.25) is 0 Å². The van der Waals surface area contributed by atoms with Crippen LogP contribution in [-0.4, -0.2) is 18.5 Å². The van der Waals surface area contributed by atoms with Crippen molar-refractivity contribution < 1.29 is 9.53 Å². The Bertz CT molecular complexity index is 177. The molecular formula is C12H22O2. The summed E-state index contributed by atoms with van der Waals surface area (Å²) >= 11 is 0. The van der Waals surface area contributed by atoms with Crippen LogP contribution in [0.4, 0.5) is 0 Å². The van der Waals surface area contributed by atoms with Crippen LogP contribution < -0.4 is 0 Å². The molecule has 1 aliphatic rings. The van der Waals surface area contributed by atoms with Crippen LogP contribution in [0.1, 0.15) is 52.4 Å². The topological polar surface area (TPSA) is 26.3 Å².